The molecule has 1 aromatic heterocycles. The molecule has 0 saturated heterocycles. The Morgan fingerprint density at radius 1 is 1.27 bits per heavy atom. The van der Waals surface area contributed by atoms with Crippen LogP contribution >= 0.6 is 0 Å². The molecule has 156 valence electrons. The molecule has 2 heterocycles. The van der Waals surface area contributed by atoms with Gasteiger partial charge in [0.1, 0.15) is 27.6 Å². The summed E-state index contributed by atoms with van der Waals surface area (Å²) in [5.74, 6) is -1.42. The summed E-state index contributed by atoms with van der Waals surface area (Å²) in [5.41, 5.74) is 5.58. The molecule has 1 atom stereocenters. The monoisotopic (exact) mass is 428 g/mol. The zero-order valence-electron chi connectivity index (χ0n) is 16.8. The van der Waals surface area contributed by atoms with Crippen LogP contribution in [0.15, 0.2) is 41.5 Å². The third-order valence-corrected chi connectivity index (χ3v) is 8.08. The number of hydrogen-bond acceptors (Lipinski definition) is 6. The van der Waals surface area contributed by atoms with Crippen LogP contribution in [0.4, 0.5) is 10.1 Å². The van der Waals surface area contributed by atoms with Crippen LogP contribution in [0, 0.1) is 12.4 Å². The molecule has 0 aliphatic carbocycles. The lowest BCUT2D eigenvalue weighted by atomic mass is 9.90. The van der Waals surface area contributed by atoms with E-state index in [1.807, 2.05) is 0 Å². The van der Waals surface area contributed by atoms with Crippen molar-refractivity contribution in [1.29, 1.82) is 0 Å². The van der Waals surface area contributed by atoms with E-state index in [1.54, 1.807) is 0 Å². The quantitative estimate of drug-likeness (QED) is 0.595. The number of hydrogen-bond donors (Lipinski definition) is 1. The van der Waals surface area contributed by atoms with Gasteiger partial charge in [-0.25, -0.2) is 17.7 Å². The number of nitrogens with zero attached hydrogens (tertiary/aromatic N) is 3. The van der Waals surface area contributed by atoms with Gasteiger partial charge in [-0.05, 0) is 44.5 Å². The molecule has 0 radical (unpaired) electrons. The van der Waals surface area contributed by atoms with Gasteiger partial charge in [0.05, 0.1) is 12.3 Å². The first kappa shape index (κ1) is 21.6. The van der Waals surface area contributed by atoms with E-state index in [4.69, 9.17) is 12.3 Å². The lowest BCUT2D eigenvalue weighted by Gasteiger charge is -2.38. The molecule has 0 amide bonds. The number of rotatable bonds is 4. The summed E-state index contributed by atoms with van der Waals surface area (Å²) in [6.45, 7) is 11.4. The number of sulfone groups is 1. The van der Waals surface area contributed by atoms with Crippen LogP contribution in [-0.2, 0) is 21.8 Å². The van der Waals surface area contributed by atoms with Crippen LogP contribution in [0.2, 0.25) is 0 Å². The highest BCUT2D eigenvalue weighted by atomic mass is 32.2. The van der Waals surface area contributed by atoms with E-state index in [-0.39, 0.29) is 29.3 Å². The molecule has 30 heavy (non-hydrogen) atoms. The van der Waals surface area contributed by atoms with E-state index in [1.165, 1.54) is 57.3 Å². The predicted octanol–water partition coefficient (Wildman–Crippen LogP) is 2.98. The molecule has 1 aliphatic rings. The van der Waals surface area contributed by atoms with Crippen molar-refractivity contribution in [3.8, 4) is 0 Å². The predicted molar refractivity (Wildman–Crippen MR) is 112 cm³/mol. The van der Waals surface area contributed by atoms with Gasteiger partial charge in [-0.1, -0.05) is 12.1 Å². The largest absolute Gasteiger partial charge is 0.386 e. The van der Waals surface area contributed by atoms with Gasteiger partial charge < -0.3 is 5.73 Å². The van der Waals surface area contributed by atoms with Gasteiger partial charge in [0, 0.05) is 18.2 Å². The van der Waals surface area contributed by atoms with Crippen molar-refractivity contribution in [3.05, 3.63) is 70.6 Å². The number of carbonyl (C=O) groups excluding carboxylic acids is 1. The Kier molecular flexibility index (Phi) is 5.24. The molecule has 3 rings (SSSR count). The van der Waals surface area contributed by atoms with E-state index in [0.29, 0.717) is 11.3 Å². The fourth-order valence-electron chi connectivity index (χ4n) is 3.27. The maximum atomic E-state index is 14.7. The Balaban J connectivity index is 1.97. The Labute approximate surface area is 174 Å². The van der Waals surface area contributed by atoms with Crippen molar-refractivity contribution in [1.82, 2.24) is 4.98 Å². The minimum atomic E-state index is -3.69. The number of pyridine rings is 1. The Bertz CT molecular complexity index is 1200. The van der Waals surface area contributed by atoms with E-state index >= 15 is 0 Å². The minimum absolute atomic E-state index is 0.0612. The molecular formula is C21H21FN4O3S. The lowest BCUT2D eigenvalue weighted by molar-refractivity contribution is 0.0988. The molecular weight excluding hydrogens is 407 g/mol. The van der Waals surface area contributed by atoms with Crippen LogP contribution in [0.1, 0.15) is 42.4 Å². The molecule has 0 unspecified atom stereocenters. The second-order valence-electron chi connectivity index (χ2n) is 7.97. The van der Waals surface area contributed by atoms with Crippen LogP contribution in [0.5, 0.6) is 0 Å². The molecule has 1 aromatic carbocycles. The summed E-state index contributed by atoms with van der Waals surface area (Å²) in [7, 11) is -3.69. The van der Waals surface area contributed by atoms with Gasteiger partial charge in [-0.15, -0.1) is 0 Å². The minimum Gasteiger partial charge on any atom is -0.386 e. The smallest absolute Gasteiger partial charge is 0.205 e. The number of amidine groups is 1. The molecule has 2 N–H and O–H groups in total. The maximum absolute atomic E-state index is 14.7. The molecule has 0 saturated carbocycles. The zero-order valence-corrected chi connectivity index (χ0v) is 17.6. The Morgan fingerprint density at radius 3 is 2.53 bits per heavy atom. The van der Waals surface area contributed by atoms with Crippen molar-refractivity contribution >= 4 is 27.1 Å². The van der Waals surface area contributed by atoms with Crippen LogP contribution in [0.25, 0.3) is 4.85 Å². The first-order chi connectivity index (χ1) is 13.9. The number of halogens is 1. The van der Waals surface area contributed by atoms with Crippen molar-refractivity contribution in [2.75, 3.05) is 5.75 Å². The summed E-state index contributed by atoms with van der Waals surface area (Å²) in [4.78, 5) is 24.1. The number of aliphatic imine (C=N–C) groups is 1. The average molecular weight is 428 g/mol. The van der Waals surface area contributed by atoms with E-state index in [9.17, 15) is 17.6 Å². The summed E-state index contributed by atoms with van der Waals surface area (Å²) in [6.07, 6.45) is 1.24. The van der Waals surface area contributed by atoms with Crippen molar-refractivity contribution in [2.24, 2.45) is 10.7 Å². The Hall–Kier alpha value is -3.12. The van der Waals surface area contributed by atoms with Crippen molar-refractivity contribution < 1.29 is 17.6 Å². The zero-order chi connectivity index (χ0) is 22.3. The number of ketones is 1. The number of benzene rings is 1. The maximum Gasteiger partial charge on any atom is 0.205 e. The van der Waals surface area contributed by atoms with Crippen molar-refractivity contribution in [3.63, 3.8) is 0 Å². The number of aromatic nitrogens is 1. The molecule has 9 heteroatoms. The van der Waals surface area contributed by atoms with Crippen LogP contribution in [-0.4, -0.2) is 35.5 Å². The summed E-state index contributed by atoms with van der Waals surface area (Å²) in [6, 6.07) is 7.06. The van der Waals surface area contributed by atoms with Gasteiger partial charge in [-0.2, -0.15) is 0 Å². The summed E-state index contributed by atoms with van der Waals surface area (Å²) < 4.78 is 38.8. The highest BCUT2D eigenvalue weighted by Gasteiger charge is 2.49. The van der Waals surface area contributed by atoms with Gasteiger partial charge in [0.2, 0.25) is 5.69 Å². The molecule has 7 nitrogen and oxygen atoms in total. The lowest BCUT2D eigenvalue weighted by Crippen LogP contribution is -2.55. The van der Waals surface area contributed by atoms with Crippen molar-refractivity contribution in [2.45, 2.75) is 37.5 Å². The van der Waals surface area contributed by atoms with E-state index in [2.05, 4.69) is 14.8 Å². The topological polar surface area (TPSA) is 107 Å². The molecule has 0 spiro atoms. The highest BCUT2D eigenvalue weighted by Crippen LogP contribution is 2.38. The number of nitrogens with two attached hydrogens (primary N) is 1. The van der Waals surface area contributed by atoms with E-state index < -0.39 is 31.7 Å². The highest BCUT2D eigenvalue weighted by molar-refractivity contribution is 7.93. The van der Waals surface area contributed by atoms with E-state index in [0.717, 1.165) is 0 Å². The third-order valence-electron chi connectivity index (χ3n) is 5.37. The Morgan fingerprint density at radius 2 is 1.97 bits per heavy atom. The standard InChI is InChI=1S/C21H21FN4O3S/c1-20(2)19(23)26-21(3,12-30(20,28)29)15-9-13(5-7-16(15)22)10-18(27)17-8-6-14(24-4)11-25-17/h5-9,11H,10,12H2,1-3H3,(H2,23,26)/t21-/m0/s1. The third kappa shape index (κ3) is 3.71. The fraction of sp³-hybridized carbons (Fsp3) is 0.333. The van der Waals surface area contributed by atoms with Gasteiger partial charge >= 0.3 is 0 Å². The van der Waals surface area contributed by atoms with Gasteiger partial charge in [0.15, 0.2) is 15.6 Å². The SMILES string of the molecule is [C-]#[N+]c1ccc(C(=O)Cc2ccc(F)c([C@]3(C)CS(=O)(=O)C(C)(C)C(N)=N3)c2)nc1. The summed E-state index contributed by atoms with van der Waals surface area (Å²) >= 11 is 0. The molecule has 2 aromatic rings. The average Bonchev–Trinajstić information content (AvgIpc) is 2.67. The van der Waals surface area contributed by atoms with Crippen LogP contribution < -0.4 is 5.73 Å². The first-order valence-electron chi connectivity index (χ1n) is 9.13. The molecule has 0 fully saturated rings. The van der Waals surface area contributed by atoms with Gasteiger partial charge in [-0.3, -0.25) is 14.8 Å². The summed E-state index contributed by atoms with van der Waals surface area (Å²) in [5, 5.41) is 0. The molecule has 0 bridgehead atoms. The normalized spacial score (nSPS) is 22.0. The first-order valence-corrected chi connectivity index (χ1v) is 10.8. The second kappa shape index (κ2) is 7.29. The second-order valence-corrected chi connectivity index (χ2v) is 10.5. The number of Topliss-reactive ketones (excluding diaryl/α,β-unsaturated/α-hetero) is 1. The van der Waals surface area contributed by atoms with Crippen LogP contribution in [0.3, 0.4) is 0 Å². The van der Waals surface area contributed by atoms with Gasteiger partial charge in [0.25, 0.3) is 0 Å². The fourth-order valence-corrected chi connectivity index (χ4v) is 4.95. The number of carbonyl (C=O) groups is 1. The molecule has 1 aliphatic heterocycles.